The number of nitrogens with zero attached hydrogens (tertiary/aromatic N) is 1. The van der Waals surface area contributed by atoms with E-state index in [4.69, 9.17) is 4.74 Å². The summed E-state index contributed by atoms with van der Waals surface area (Å²) in [6.07, 6.45) is 3.97. The van der Waals surface area contributed by atoms with E-state index in [2.05, 4.69) is 57.5 Å². The van der Waals surface area contributed by atoms with Gasteiger partial charge in [-0.15, -0.1) is 0 Å². The minimum Gasteiger partial charge on any atom is -0.377 e. The van der Waals surface area contributed by atoms with Crippen molar-refractivity contribution < 1.29 is 4.74 Å². The van der Waals surface area contributed by atoms with Crippen molar-refractivity contribution in [3.05, 3.63) is 34.3 Å². The van der Waals surface area contributed by atoms with Crippen LogP contribution in [0, 0.1) is 0 Å². The van der Waals surface area contributed by atoms with Crippen molar-refractivity contribution in [1.29, 1.82) is 0 Å². The van der Waals surface area contributed by atoms with Crippen molar-refractivity contribution in [3.63, 3.8) is 0 Å². The van der Waals surface area contributed by atoms with Gasteiger partial charge < -0.3 is 15.0 Å². The third-order valence-corrected chi connectivity index (χ3v) is 4.69. The Bertz CT molecular complexity index is 407. The molecule has 1 aromatic carbocycles. The first-order chi connectivity index (χ1) is 9.70. The zero-order valence-electron chi connectivity index (χ0n) is 12.4. The Morgan fingerprint density at radius 2 is 2.25 bits per heavy atom. The molecule has 2 rings (SSSR count). The van der Waals surface area contributed by atoms with E-state index in [0.29, 0.717) is 12.1 Å². The van der Waals surface area contributed by atoms with Gasteiger partial charge in [0, 0.05) is 23.7 Å². The van der Waals surface area contributed by atoms with Crippen LogP contribution >= 0.6 is 15.9 Å². The molecular weight excluding hydrogens is 316 g/mol. The van der Waals surface area contributed by atoms with E-state index in [9.17, 15) is 0 Å². The summed E-state index contributed by atoms with van der Waals surface area (Å²) in [4.78, 5) is 2.39. The summed E-state index contributed by atoms with van der Waals surface area (Å²) < 4.78 is 6.88. The molecule has 1 fully saturated rings. The number of rotatable bonds is 7. The number of benzene rings is 1. The van der Waals surface area contributed by atoms with Crippen molar-refractivity contribution in [2.75, 3.05) is 33.8 Å². The summed E-state index contributed by atoms with van der Waals surface area (Å²) in [5.41, 5.74) is 1.33. The second-order valence-corrected chi connectivity index (χ2v) is 6.40. The lowest BCUT2D eigenvalue weighted by atomic mass is 10.0. The lowest BCUT2D eigenvalue weighted by Gasteiger charge is -2.24. The number of likely N-dealkylation sites (N-methyl/N-ethyl adjacent to an activating group) is 1. The molecule has 0 radical (unpaired) electrons. The fraction of sp³-hybridized carbons (Fsp3) is 0.625. The molecule has 20 heavy (non-hydrogen) atoms. The van der Waals surface area contributed by atoms with Crippen LogP contribution in [-0.4, -0.2) is 44.8 Å². The molecule has 0 amide bonds. The van der Waals surface area contributed by atoms with Gasteiger partial charge in [-0.25, -0.2) is 0 Å². The zero-order valence-corrected chi connectivity index (χ0v) is 14.0. The molecule has 1 saturated heterocycles. The molecule has 4 heteroatoms. The SMILES string of the molecule is CNC(CCN(C)CC1CCCO1)c1ccccc1Br. The number of hydrogen-bond donors (Lipinski definition) is 1. The average molecular weight is 341 g/mol. The topological polar surface area (TPSA) is 24.5 Å². The van der Waals surface area contributed by atoms with Crippen LogP contribution in [0.4, 0.5) is 0 Å². The van der Waals surface area contributed by atoms with E-state index in [-0.39, 0.29) is 0 Å². The molecule has 0 spiro atoms. The smallest absolute Gasteiger partial charge is 0.0702 e. The van der Waals surface area contributed by atoms with Gasteiger partial charge in [0.1, 0.15) is 0 Å². The monoisotopic (exact) mass is 340 g/mol. The van der Waals surface area contributed by atoms with E-state index in [1.807, 2.05) is 7.05 Å². The summed E-state index contributed by atoms with van der Waals surface area (Å²) in [5, 5.41) is 3.42. The molecule has 2 unspecified atom stereocenters. The largest absolute Gasteiger partial charge is 0.377 e. The Morgan fingerprint density at radius 3 is 2.90 bits per heavy atom. The normalized spacial score (nSPS) is 20.5. The Labute approximate surface area is 130 Å². The van der Waals surface area contributed by atoms with Crippen molar-refractivity contribution in [2.24, 2.45) is 0 Å². The third-order valence-electron chi connectivity index (χ3n) is 3.97. The van der Waals surface area contributed by atoms with Gasteiger partial charge in [0.25, 0.3) is 0 Å². The number of nitrogens with one attached hydrogen (secondary N) is 1. The van der Waals surface area contributed by atoms with Crippen LogP contribution in [-0.2, 0) is 4.74 Å². The molecular formula is C16H25BrN2O. The van der Waals surface area contributed by atoms with Gasteiger partial charge in [0.05, 0.1) is 6.10 Å². The molecule has 2 atom stereocenters. The maximum absolute atomic E-state index is 5.70. The van der Waals surface area contributed by atoms with Gasteiger partial charge in [0.2, 0.25) is 0 Å². The highest BCUT2D eigenvalue weighted by Crippen LogP contribution is 2.25. The minimum absolute atomic E-state index is 0.387. The molecule has 3 nitrogen and oxygen atoms in total. The van der Waals surface area contributed by atoms with Crippen LogP contribution in [0.2, 0.25) is 0 Å². The Hall–Kier alpha value is -0.420. The summed E-state index contributed by atoms with van der Waals surface area (Å²) in [6.45, 7) is 3.06. The summed E-state index contributed by atoms with van der Waals surface area (Å²) in [5.74, 6) is 0. The number of hydrogen-bond acceptors (Lipinski definition) is 3. The van der Waals surface area contributed by atoms with Crippen LogP contribution in [0.1, 0.15) is 30.9 Å². The summed E-state index contributed by atoms with van der Waals surface area (Å²) in [6, 6.07) is 8.84. The minimum atomic E-state index is 0.387. The quantitative estimate of drug-likeness (QED) is 0.824. The number of ether oxygens (including phenoxy) is 1. The first-order valence-corrected chi connectivity index (χ1v) is 8.22. The van der Waals surface area contributed by atoms with Gasteiger partial charge in [-0.3, -0.25) is 0 Å². The Kier molecular flexibility index (Phi) is 6.49. The van der Waals surface area contributed by atoms with Crippen molar-refractivity contribution in [3.8, 4) is 0 Å². The van der Waals surface area contributed by atoms with Crippen molar-refractivity contribution in [1.82, 2.24) is 10.2 Å². The fourth-order valence-corrected chi connectivity index (χ4v) is 3.35. The molecule has 1 aliphatic heterocycles. The van der Waals surface area contributed by atoms with Crippen molar-refractivity contribution in [2.45, 2.75) is 31.4 Å². The molecule has 0 bridgehead atoms. The molecule has 1 heterocycles. The molecule has 0 aromatic heterocycles. The van der Waals surface area contributed by atoms with Crippen LogP contribution in [0.3, 0.4) is 0 Å². The molecule has 1 N–H and O–H groups in total. The maximum atomic E-state index is 5.70. The lowest BCUT2D eigenvalue weighted by molar-refractivity contribution is 0.0801. The fourth-order valence-electron chi connectivity index (χ4n) is 2.79. The third kappa shape index (κ3) is 4.55. The second kappa shape index (κ2) is 8.13. The average Bonchev–Trinajstić information content (AvgIpc) is 2.94. The second-order valence-electron chi connectivity index (χ2n) is 5.55. The van der Waals surface area contributed by atoms with E-state index >= 15 is 0 Å². The lowest BCUT2D eigenvalue weighted by Crippen LogP contribution is -2.31. The van der Waals surface area contributed by atoms with Gasteiger partial charge in [-0.05, 0) is 51.5 Å². The summed E-state index contributed by atoms with van der Waals surface area (Å²) in [7, 11) is 4.22. The van der Waals surface area contributed by atoms with E-state index in [1.54, 1.807) is 0 Å². The molecule has 1 aliphatic rings. The zero-order chi connectivity index (χ0) is 14.4. The highest BCUT2D eigenvalue weighted by Gasteiger charge is 2.18. The molecule has 112 valence electrons. The predicted octanol–water partition coefficient (Wildman–Crippen LogP) is 3.21. The standard InChI is InChI=1S/C16H25BrN2O/c1-18-16(14-7-3-4-8-15(14)17)9-10-19(2)12-13-6-5-11-20-13/h3-4,7-8,13,16,18H,5-6,9-12H2,1-2H3. The van der Waals surface area contributed by atoms with Crippen LogP contribution in [0.25, 0.3) is 0 Å². The Morgan fingerprint density at radius 1 is 1.45 bits per heavy atom. The van der Waals surface area contributed by atoms with Crippen LogP contribution < -0.4 is 5.32 Å². The van der Waals surface area contributed by atoms with Gasteiger partial charge in [-0.1, -0.05) is 34.1 Å². The van der Waals surface area contributed by atoms with E-state index in [0.717, 1.165) is 26.1 Å². The highest BCUT2D eigenvalue weighted by atomic mass is 79.9. The first-order valence-electron chi connectivity index (χ1n) is 7.42. The van der Waals surface area contributed by atoms with Crippen molar-refractivity contribution >= 4 is 15.9 Å². The van der Waals surface area contributed by atoms with Crippen LogP contribution in [0.5, 0.6) is 0 Å². The van der Waals surface area contributed by atoms with Gasteiger partial charge in [-0.2, -0.15) is 0 Å². The maximum Gasteiger partial charge on any atom is 0.0702 e. The first kappa shape index (κ1) is 16.0. The van der Waals surface area contributed by atoms with Gasteiger partial charge >= 0.3 is 0 Å². The molecule has 0 saturated carbocycles. The number of halogens is 1. The molecule has 0 aliphatic carbocycles. The highest BCUT2D eigenvalue weighted by molar-refractivity contribution is 9.10. The predicted molar refractivity (Wildman–Crippen MR) is 87.0 cm³/mol. The van der Waals surface area contributed by atoms with Gasteiger partial charge in [0.15, 0.2) is 0 Å². The van der Waals surface area contributed by atoms with E-state index in [1.165, 1.54) is 22.9 Å². The van der Waals surface area contributed by atoms with Crippen LogP contribution in [0.15, 0.2) is 28.7 Å². The summed E-state index contributed by atoms with van der Waals surface area (Å²) >= 11 is 3.64. The molecule has 1 aromatic rings. The Balaban J connectivity index is 1.82. The van der Waals surface area contributed by atoms with E-state index < -0.39 is 0 Å².